The van der Waals surface area contributed by atoms with Crippen molar-refractivity contribution >= 4 is 17.1 Å². The van der Waals surface area contributed by atoms with Crippen LogP contribution in [0.25, 0.3) is 11.1 Å². The quantitative estimate of drug-likeness (QED) is 0.706. The average Bonchev–Trinajstić information content (AvgIpc) is 2.66. The fourth-order valence-electron chi connectivity index (χ4n) is 2.35. The van der Waals surface area contributed by atoms with E-state index in [2.05, 4.69) is 4.98 Å². The van der Waals surface area contributed by atoms with Crippen molar-refractivity contribution in [1.29, 1.82) is 0 Å². The van der Waals surface area contributed by atoms with E-state index in [1.807, 2.05) is 0 Å². The Balaban J connectivity index is 2.11. The fraction of sp³-hybridized carbons (Fsp3) is 0.333. The van der Waals surface area contributed by atoms with Gasteiger partial charge in [-0.15, -0.1) is 0 Å². The molecule has 19 heavy (non-hydrogen) atoms. The van der Waals surface area contributed by atoms with Gasteiger partial charge in [0.25, 0.3) is 0 Å². The molecule has 1 aliphatic rings. The Morgan fingerprint density at radius 3 is 2.79 bits per heavy atom. The molecule has 0 amide bonds. The molecule has 3 rings (SSSR count). The number of ether oxygens (including phenoxy) is 1. The van der Waals surface area contributed by atoms with Crippen LogP contribution in [0, 0.1) is 0 Å². The van der Waals surface area contributed by atoms with Gasteiger partial charge in [-0.3, -0.25) is 9.78 Å². The van der Waals surface area contributed by atoms with Crippen LogP contribution in [0.5, 0.6) is 0 Å². The van der Waals surface area contributed by atoms with Gasteiger partial charge >= 0.3 is 11.7 Å². The normalized spacial score (nSPS) is 19.0. The summed E-state index contributed by atoms with van der Waals surface area (Å²) in [6.45, 7) is 0.488. The Kier molecular flexibility index (Phi) is 2.48. The molecule has 0 aliphatic carbocycles. The van der Waals surface area contributed by atoms with Crippen molar-refractivity contribution < 1.29 is 19.1 Å². The van der Waals surface area contributed by atoms with Crippen LogP contribution in [0.3, 0.4) is 0 Å². The topological polar surface area (TPSA) is 119 Å². The van der Waals surface area contributed by atoms with Gasteiger partial charge < -0.3 is 20.0 Å². The third-order valence-corrected chi connectivity index (χ3v) is 3.57. The third kappa shape index (κ3) is 1.66. The van der Waals surface area contributed by atoms with Crippen molar-refractivity contribution in [3.8, 4) is 0 Å². The predicted octanol–water partition coefficient (Wildman–Crippen LogP) is -0.199. The van der Waals surface area contributed by atoms with Gasteiger partial charge in [0.2, 0.25) is 0 Å². The molecule has 1 atom stereocenters. The van der Waals surface area contributed by atoms with E-state index in [9.17, 15) is 9.59 Å². The fourth-order valence-corrected chi connectivity index (χ4v) is 2.35. The molecular weight excluding hydrogens is 252 g/mol. The van der Waals surface area contributed by atoms with Crippen molar-refractivity contribution in [2.24, 2.45) is 5.73 Å². The maximum atomic E-state index is 11.1. The Morgan fingerprint density at radius 1 is 1.47 bits per heavy atom. The first-order chi connectivity index (χ1) is 9.03. The van der Waals surface area contributed by atoms with Crippen molar-refractivity contribution in [3.05, 3.63) is 34.3 Å². The molecule has 2 aromatic rings. The van der Waals surface area contributed by atoms with Gasteiger partial charge in [0.05, 0.1) is 24.1 Å². The number of benzene rings is 1. The van der Waals surface area contributed by atoms with Gasteiger partial charge in [0.15, 0.2) is 5.58 Å². The van der Waals surface area contributed by atoms with E-state index in [0.29, 0.717) is 11.1 Å². The number of nitrogens with two attached hydrogens (primary N) is 1. The maximum Gasteiger partial charge on any atom is 0.417 e. The number of carboxylic acids is 1. The summed E-state index contributed by atoms with van der Waals surface area (Å²) in [6, 6.07) is 3.96. The second-order valence-corrected chi connectivity index (χ2v) is 4.69. The molecular formula is C12H12N2O5. The predicted molar refractivity (Wildman–Crippen MR) is 64.9 cm³/mol. The highest BCUT2D eigenvalue weighted by Gasteiger charge is 2.49. The molecule has 2 heterocycles. The molecule has 0 bridgehead atoms. The number of hydrogen-bond donors (Lipinski definition) is 3. The number of carbonyl (C=O) groups is 1. The number of aromatic nitrogens is 1. The van der Waals surface area contributed by atoms with Crippen LogP contribution in [-0.2, 0) is 14.9 Å². The standard InChI is InChI=1S/C12H12N2O5/c13-9(10(15)16)12(4-18-5-12)6-1-2-8-7(3-6)14-11(17)19-8/h1-3,9H,4-5,13H2,(H,14,17)(H,15,16). The number of aliphatic carboxylic acids is 1. The number of fused-ring (bicyclic) bond motifs is 1. The summed E-state index contributed by atoms with van der Waals surface area (Å²) in [5.41, 5.74) is 6.67. The summed E-state index contributed by atoms with van der Waals surface area (Å²) in [5.74, 6) is -1.63. The molecule has 1 aliphatic heterocycles. The van der Waals surface area contributed by atoms with Crippen LogP contribution < -0.4 is 11.5 Å². The van der Waals surface area contributed by atoms with Crippen LogP contribution in [0.4, 0.5) is 0 Å². The van der Waals surface area contributed by atoms with Crippen LogP contribution >= 0.6 is 0 Å². The van der Waals surface area contributed by atoms with E-state index in [1.54, 1.807) is 18.2 Å². The number of oxazole rings is 1. The first-order valence-electron chi connectivity index (χ1n) is 5.72. The Morgan fingerprint density at radius 2 is 2.21 bits per heavy atom. The highest BCUT2D eigenvalue weighted by atomic mass is 16.5. The zero-order valence-electron chi connectivity index (χ0n) is 9.88. The van der Waals surface area contributed by atoms with Crippen molar-refractivity contribution in [3.63, 3.8) is 0 Å². The smallest absolute Gasteiger partial charge is 0.417 e. The summed E-state index contributed by atoms with van der Waals surface area (Å²) in [7, 11) is 0. The zero-order valence-corrected chi connectivity index (χ0v) is 9.88. The lowest BCUT2D eigenvalue weighted by Gasteiger charge is -2.44. The number of aromatic amines is 1. The molecule has 1 aromatic heterocycles. The lowest BCUT2D eigenvalue weighted by molar-refractivity contribution is -0.148. The summed E-state index contributed by atoms with van der Waals surface area (Å²) in [5, 5.41) is 9.10. The Labute approximate surface area is 107 Å². The molecule has 7 nitrogen and oxygen atoms in total. The number of rotatable bonds is 3. The van der Waals surface area contributed by atoms with Gasteiger partial charge in [-0.2, -0.15) is 0 Å². The van der Waals surface area contributed by atoms with Crippen molar-refractivity contribution in [1.82, 2.24) is 4.98 Å². The van der Waals surface area contributed by atoms with E-state index >= 15 is 0 Å². The van der Waals surface area contributed by atoms with Gasteiger partial charge in [0, 0.05) is 0 Å². The van der Waals surface area contributed by atoms with Crippen molar-refractivity contribution in [2.45, 2.75) is 11.5 Å². The lowest BCUT2D eigenvalue weighted by atomic mass is 9.72. The molecule has 7 heteroatoms. The number of carboxylic acid groups (broad SMARTS) is 1. The Bertz CT molecular complexity index is 697. The Hall–Kier alpha value is -2.12. The summed E-state index contributed by atoms with van der Waals surface area (Å²) >= 11 is 0. The molecule has 1 unspecified atom stereocenters. The van der Waals surface area contributed by atoms with Gasteiger partial charge in [-0.1, -0.05) is 6.07 Å². The maximum absolute atomic E-state index is 11.1. The third-order valence-electron chi connectivity index (χ3n) is 3.57. The molecule has 4 N–H and O–H groups in total. The second kappa shape index (κ2) is 3.94. The van der Waals surface area contributed by atoms with E-state index in [4.69, 9.17) is 20.0 Å². The van der Waals surface area contributed by atoms with E-state index in [-0.39, 0.29) is 13.2 Å². The van der Waals surface area contributed by atoms with E-state index < -0.39 is 23.2 Å². The first-order valence-corrected chi connectivity index (χ1v) is 5.72. The second-order valence-electron chi connectivity index (χ2n) is 4.69. The number of nitrogens with one attached hydrogen (secondary N) is 1. The molecule has 0 saturated carbocycles. The first kappa shape index (κ1) is 11.9. The van der Waals surface area contributed by atoms with Gasteiger partial charge in [0.1, 0.15) is 6.04 Å². The van der Waals surface area contributed by atoms with Gasteiger partial charge in [-0.25, -0.2) is 4.79 Å². The number of hydrogen-bond acceptors (Lipinski definition) is 5. The zero-order chi connectivity index (χ0) is 13.6. The summed E-state index contributed by atoms with van der Waals surface area (Å²) in [4.78, 5) is 24.8. The SMILES string of the molecule is NC(C(=O)O)C1(c2ccc3oc(=O)[nH]c3c2)COC1. The molecule has 0 radical (unpaired) electrons. The monoisotopic (exact) mass is 264 g/mol. The molecule has 0 spiro atoms. The van der Waals surface area contributed by atoms with E-state index in [0.717, 1.165) is 5.56 Å². The van der Waals surface area contributed by atoms with Crippen LogP contribution in [0.2, 0.25) is 0 Å². The van der Waals surface area contributed by atoms with E-state index in [1.165, 1.54) is 0 Å². The largest absolute Gasteiger partial charge is 0.480 e. The van der Waals surface area contributed by atoms with Crippen LogP contribution in [-0.4, -0.2) is 35.3 Å². The summed E-state index contributed by atoms with van der Waals surface area (Å²) < 4.78 is 10.0. The van der Waals surface area contributed by atoms with Crippen LogP contribution in [0.1, 0.15) is 5.56 Å². The lowest BCUT2D eigenvalue weighted by Crippen LogP contribution is -2.61. The molecule has 1 aromatic carbocycles. The van der Waals surface area contributed by atoms with Crippen molar-refractivity contribution in [2.75, 3.05) is 13.2 Å². The average molecular weight is 264 g/mol. The highest BCUT2D eigenvalue weighted by molar-refractivity contribution is 5.78. The van der Waals surface area contributed by atoms with Gasteiger partial charge in [-0.05, 0) is 17.7 Å². The molecule has 1 fully saturated rings. The highest BCUT2D eigenvalue weighted by Crippen LogP contribution is 2.36. The molecule has 1 saturated heterocycles. The van der Waals surface area contributed by atoms with Crippen LogP contribution in [0.15, 0.2) is 27.4 Å². The minimum Gasteiger partial charge on any atom is -0.480 e. The number of H-pyrrole nitrogens is 1. The minimum atomic E-state index is -1.08. The summed E-state index contributed by atoms with van der Waals surface area (Å²) in [6.07, 6.45) is 0. The molecule has 100 valence electrons. The minimum absolute atomic E-state index is 0.244.